The van der Waals surface area contributed by atoms with Gasteiger partial charge < -0.3 is 5.32 Å². The second kappa shape index (κ2) is 9.55. The fourth-order valence-electron chi connectivity index (χ4n) is 2.90. The quantitative estimate of drug-likeness (QED) is 0.607. The van der Waals surface area contributed by atoms with Crippen LogP contribution in [0.3, 0.4) is 0 Å². The number of hydrogen-bond donors (Lipinski definition) is 2. The van der Waals surface area contributed by atoms with Crippen molar-refractivity contribution in [1.29, 1.82) is 0 Å². The monoisotopic (exact) mass is 387 g/mol. The second-order valence-corrected chi connectivity index (χ2v) is 6.92. The van der Waals surface area contributed by atoms with Crippen molar-refractivity contribution in [3.05, 3.63) is 101 Å². The van der Waals surface area contributed by atoms with Crippen molar-refractivity contribution in [2.45, 2.75) is 20.4 Å². The molecule has 0 aromatic heterocycles. The van der Waals surface area contributed by atoms with E-state index in [1.165, 1.54) is 0 Å². The van der Waals surface area contributed by atoms with Crippen molar-refractivity contribution in [3.8, 4) is 0 Å². The molecule has 0 aliphatic heterocycles. The predicted octanol–water partition coefficient (Wildman–Crippen LogP) is 3.77. The lowest BCUT2D eigenvalue weighted by Gasteiger charge is -2.25. The van der Waals surface area contributed by atoms with Crippen LogP contribution in [0.1, 0.15) is 27.0 Å². The zero-order valence-corrected chi connectivity index (χ0v) is 16.7. The van der Waals surface area contributed by atoms with E-state index in [1.54, 1.807) is 11.1 Å². The van der Waals surface area contributed by atoms with Crippen LogP contribution in [0, 0.1) is 13.8 Å². The van der Waals surface area contributed by atoms with Gasteiger partial charge in [-0.1, -0.05) is 54.6 Å². The van der Waals surface area contributed by atoms with Gasteiger partial charge in [-0.2, -0.15) is 0 Å². The third kappa shape index (κ3) is 5.69. The number of benzene rings is 3. The highest BCUT2D eigenvalue weighted by molar-refractivity contribution is 5.96. The molecule has 3 aromatic rings. The first-order valence-electron chi connectivity index (χ1n) is 9.54. The highest BCUT2D eigenvalue weighted by Crippen LogP contribution is 2.14. The van der Waals surface area contributed by atoms with Crippen molar-refractivity contribution in [2.24, 2.45) is 0 Å². The summed E-state index contributed by atoms with van der Waals surface area (Å²) in [7, 11) is 0. The van der Waals surface area contributed by atoms with Crippen LogP contribution >= 0.6 is 0 Å². The number of nitrogens with one attached hydrogen (secondary N) is 2. The Bertz CT molecular complexity index is 972. The molecule has 2 amide bonds. The van der Waals surface area contributed by atoms with E-state index >= 15 is 0 Å². The SMILES string of the molecule is Cc1ccc(C(=O)NCC(=O)NN(Cc2ccccc2)c2ccccc2)cc1C. The van der Waals surface area contributed by atoms with Crippen LogP contribution in [0.2, 0.25) is 0 Å². The molecule has 0 heterocycles. The molecule has 3 rings (SSSR count). The Balaban J connectivity index is 1.63. The minimum Gasteiger partial charge on any atom is -0.343 e. The lowest BCUT2D eigenvalue weighted by molar-refractivity contribution is -0.120. The van der Waals surface area contributed by atoms with E-state index in [1.807, 2.05) is 86.6 Å². The summed E-state index contributed by atoms with van der Waals surface area (Å²) in [5, 5.41) is 4.47. The van der Waals surface area contributed by atoms with Gasteiger partial charge in [0.2, 0.25) is 0 Å². The van der Waals surface area contributed by atoms with Gasteiger partial charge in [-0.05, 0) is 54.8 Å². The van der Waals surface area contributed by atoms with Crippen LogP contribution in [0.4, 0.5) is 5.69 Å². The Morgan fingerprint density at radius 2 is 1.48 bits per heavy atom. The number of carbonyl (C=O) groups excluding carboxylic acids is 2. The molecule has 0 unspecified atom stereocenters. The van der Waals surface area contributed by atoms with Crippen molar-refractivity contribution in [2.75, 3.05) is 11.6 Å². The van der Waals surface area contributed by atoms with Crippen molar-refractivity contribution >= 4 is 17.5 Å². The average Bonchev–Trinajstić information content (AvgIpc) is 2.75. The van der Waals surface area contributed by atoms with Gasteiger partial charge in [-0.25, -0.2) is 0 Å². The number of amides is 2. The second-order valence-electron chi connectivity index (χ2n) is 6.92. The van der Waals surface area contributed by atoms with Crippen LogP contribution in [-0.2, 0) is 11.3 Å². The van der Waals surface area contributed by atoms with Gasteiger partial charge >= 0.3 is 0 Å². The number of carbonyl (C=O) groups is 2. The van der Waals surface area contributed by atoms with Gasteiger partial charge in [0.15, 0.2) is 0 Å². The zero-order valence-electron chi connectivity index (χ0n) is 16.7. The zero-order chi connectivity index (χ0) is 20.6. The summed E-state index contributed by atoms with van der Waals surface area (Å²) in [6.07, 6.45) is 0. The molecule has 2 N–H and O–H groups in total. The van der Waals surface area contributed by atoms with Crippen molar-refractivity contribution < 1.29 is 9.59 Å². The number of rotatable bonds is 7. The van der Waals surface area contributed by atoms with E-state index in [9.17, 15) is 9.59 Å². The molecule has 3 aromatic carbocycles. The lowest BCUT2D eigenvalue weighted by Crippen LogP contribution is -2.46. The Morgan fingerprint density at radius 1 is 0.828 bits per heavy atom. The maximum Gasteiger partial charge on any atom is 0.257 e. The fraction of sp³-hybridized carbons (Fsp3) is 0.167. The van der Waals surface area contributed by atoms with Crippen LogP contribution in [0.25, 0.3) is 0 Å². The van der Waals surface area contributed by atoms with E-state index in [4.69, 9.17) is 0 Å². The molecule has 0 aliphatic rings. The molecule has 0 radical (unpaired) electrons. The van der Waals surface area contributed by atoms with Crippen LogP contribution < -0.4 is 15.8 Å². The first-order valence-corrected chi connectivity index (χ1v) is 9.54. The largest absolute Gasteiger partial charge is 0.343 e. The Hall–Kier alpha value is -3.60. The normalized spacial score (nSPS) is 10.3. The molecule has 0 bridgehead atoms. The smallest absolute Gasteiger partial charge is 0.257 e. The van der Waals surface area contributed by atoms with Gasteiger partial charge in [0, 0.05) is 5.56 Å². The summed E-state index contributed by atoms with van der Waals surface area (Å²) in [4.78, 5) is 24.9. The number of aryl methyl sites for hydroxylation is 2. The molecule has 5 nitrogen and oxygen atoms in total. The maximum absolute atomic E-state index is 12.5. The van der Waals surface area contributed by atoms with E-state index in [0.717, 1.165) is 22.4 Å². The van der Waals surface area contributed by atoms with Crippen molar-refractivity contribution in [3.63, 3.8) is 0 Å². The average molecular weight is 387 g/mol. The highest BCUT2D eigenvalue weighted by Gasteiger charge is 2.13. The van der Waals surface area contributed by atoms with Crippen LogP contribution in [0.5, 0.6) is 0 Å². The van der Waals surface area contributed by atoms with Gasteiger partial charge in [-0.3, -0.25) is 20.0 Å². The summed E-state index contributed by atoms with van der Waals surface area (Å²) in [5.41, 5.74) is 7.53. The molecule has 148 valence electrons. The number of anilines is 1. The molecular weight excluding hydrogens is 362 g/mol. The topological polar surface area (TPSA) is 61.4 Å². The number of hydrazine groups is 1. The van der Waals surface area contributed by atoms with Gasteiger partial charge in [0.05, 0.1) is 18.8 Å². The predicted molar refractivity (Wildman–Crippen MR) is 115 cm³/mol. The fourth-order valence-corrected chi connectivity index (χ4v) is 2.90. The molecule has 5 heteroatoms. The molecular formula is C24H25N3O2. The van der Waals surface area contributed by atoms with E-state index < -0.39 is 0 Å². The van der Waals surface area contributed by atoms with E-state index in [-0.39, 0.29) is 18.4 Å². The van der Waals surface area contributed by atoms with Crippen LogP contribution in [0.15, 0.2) is 78.9 Å². The minimum atomic E-state index is -0.290. The van der Waals surface area contributed by atoms with Gasteiger partial charge in [0.1, 0.15) is 0 Å². The highest BCUT2D eigenvalue weighted by atomic mass is 16.2. The van der Waals surface area contributed by atoms with Crippen LogP contribution in [-0.4, -0.2) is 18.4 Å². The molecule has 0 aliphatic carbocycles. The van der Waals surface area contributed by atoms with E-state index in [0.29, 0.717) is 12.1 Å². The Morgan fingerprint density at radius 3 is 2.14 bits per heavy atom. The molecule has 29 heavy (non-hydrogen) atoms. The molecule has 0 saturated carbocycles. The first kappa shape index (κ1) is 20.1. The molecule has 0 saturated heterocycles. The summed E-state index contributed by atoms with van der Waals surface area (Å²) in [6.45, 7) is 4.36. The summed E-state index contributed by atoms with van der Waals surface area (Å²) < 4.78 is 0. The lowest BCUT2D eigenvalue weighted by atomic mass is 10.1. The maximum atomic E-state index is 12.5. The summed E-state index contributed by atoms with van der Waals surface area (Å²) in [5.74, 6) is -0.556. The molecule has 0 fully saturated rings. The minimum absolute atomic E-state index is 0.107. The summed E-state index contributed by atoms with van der Waals surface area (Å²) in [6, 6.07) is 25.0. The van der Waals surface area contributed by atoms with E-state index in [2.05, 4.69) is 10.7 Å². The molecule has 0 spiro atoms. The van der Waals surface area contributed by atoms with Gasteiger partial charge in [0.25, 0.3) is 11.8 Å². The third-order valence-electron chi connectivity index (χ3n) is 4.69. The molecule has 0 atom stereocenters. The van der Waals surface area contributed by atoms with Gasteiger partial charge in [-0.15, -0.1) is 0 Å². The summed E-state index contributed by atoms with van der Waals surface area (Å²) >= 11 is 0. The third-order valence-corrected chi connectivity index (χ3v) is 4.69. The first-order chi connectivity index (χ1) is 14.0. The van der Waals surface area contributed by atoms with Crippen molar-refractivity contribution in [1.82, 2.24) is 10.7 Å². The number of para-hydroxylation sites is 1. The standard InChI is InChI=1S/C24H25N3O2/c1-18-13-14-21(15-19(18)2)24(29)25-16-23(28)26-27(22-11-7-4-8-12-22)17-20-9-5-3-6-10-20/h3-15H,16-17H2,1-2H3,(H,25,29)(H,26,28). The number of nitrogens with zero attached hydrogens (tertiary/aromatic N) is 1. The Kier molecular flexibility index (Phi) is 6.63. The number of hydrogen-bond acceptors (Lipinski definition) is 3. The Labute approximate surface area is 171 Å².